The van der Waals surface area contributed by atoms with Crippen molar-refractivity contribution in [3.63, 3.8) is 0 Å². The summed E-state index contributed by atoms with van der Waals surface area (Å²) in [6, 6.07) is 0. The van der Waals surface area contributed by atoms with Gasteiger partial charge in [-0.2, -0.15) is 57.1 Å². The van der Waals surface area contributed by atoms with Crippen molar-refractivity contribution in [2.24, 2.45) is 7.05 Å². The van der Waals surface area contributed by atoms with Gasteiger partial charge < -0.3 is 12.4 Å². The average Bonchev–Trinajstić information content (AvgIpc) is 2.90. The maximum absolute atomic E-state index is 13.5. The first-order chi connectivity index (χ1) is 12.2. The highest BCUT2D eigenvalue weighted by Gasteiger charge is 2.90. The van der Waals surface area contributed by atoms with E-state index in [1.807, 2.05) is 0 Å². The number of nitrogens with zero attached hydrogens (tertiary/aromatic N) is 1. The minimum absolute atomic E-state index is 0. The lowest BCUT2D eigenvalue weighted by molar-refractivity contribution is -0.708. The summed E-state index contributed by atoms with van der Waals surface area (Å²) in [5.74, 6) is -37.6. The number of alkyl halides is 13. The average molecular weight is 497 g/mol. The van der Waals surface area contributed by atoms with Crippen molar-refractivity contribution < 1.29 is 74.0 Å². The van der Waals surface area contributed by atoms with E-state index in [9.17, 15) is 57.1 Å². The molecular weight excluding hydrogens is 487 g/mol. The fourth-order valence-electron chi connectivity index (χ4n) is 1.77. The van der Waals surface area contributed by atoms with Gasteiger partial charge in [0, 0.05) is 12.2 Å². The van der Waals surface area contributed by atoms with Gasteiger partial charge in [0.1, 0.15) is 12.4 Å². The third kappa shape index (κ3) is 4.51. The lowest BCUT2D eigenvalue weighted by Crippen LogP contribution is -3.00. The molecule has 0 saturated carbocycles. The molecule has 0 unspecified atom stereocenters. The summed E-state index contributed by atoms with van der Waals surface area (Å²) in [4.78, 5) is 2.42. The van der Waals surface area contributed by atoms with Gasteiger partial charge in [0.15, 0.2) is 0 Å². The van der Waals surface area contributed by atoms with Crippen LogP contribution in [0.4, 0.5) is 57.1 Å². The third-order valence-corrected chi connectivity index (χ3v) is 4.57. The van der Waals surface area contributed by atoms with Crippen LogP contribution in [0.25, 0.3) is 0 Å². The summed E-state index contributed by atoms with van der Waals surface area (Å²) in [5, 5.41) is 0.0554. The highest BCUT2D eigenvalue weighted by atomic mass is 35.5. The first-order valence-electron chi connectivity index (χ1n) is 6.85. The maximum Gasteiger partial charge on any atom is 0.460 e. The molecule has 1 rings (SSSR count). The van der Waals surface area contributed by atoms with Crippen LogP contribution in [-0.2, 0) is 7.05 Å². The quantitative estimate of drug-likeness (QED) is 0.332. The first kappa shape index (κ1) is 27.9. The zero-order valence-corrected chi connectivity index (χ0v) is 15.3. The van der Waals surface area contributed by atoms with E-state index in [-0.39, 0.29) is 17.6 Å². The fraction of sp³-hybridized carbons (Fsp3) is 0.750. The molecule has 0 aliphatic rings. The molecule has 0 fully saturated rings. The molecule has 0 aromatic carbocycles. The molecule has 1 heterocycles. The molecule has 0 radical (unpaired) electrons. The van der Waals surface area contributed by atoms with Crippen molar-refractivity contribution in [1.29, 1.82) is 0 Å². The van der Waals surface area contributed by atoms with E-state index in [1.54, 1.807) is 0 Å². The number of aromatic amines is 1. The van der Waals surface area contributed by atoms with Crippen LogP contribution in [0.1, 0.15) is 6.42 Å². The summed E-state index contributed by atoms with van der Waals surface area (Å²) in [6.07, 6.45) is -7.03. The fourth-order valence-corrected chi connectivity index (χ4v) is 2.74. The van der Waals surface area contributed by atoms with Crippen molar-refractivity contribution in [3.8, 4) is 0 Å². The van der Waals surface area contributed by atoms with Crippen molar-refractivity contribution in [3.05, 3.63) is 12.4 Å². The number of halogens is 14. The van der Waals surface area contributed by atoms with Crippen LogP contribution in [0.15, 0.2) is 17.6 Å². The largest absolute Gasteiger partial charge is 1.00 e. The van der Waals surface area contributed by atoms with E-state index in [1.165, 1.54) is 24.0 Å². The molecular formula is C12H10ClF13N2S. The molecule has 2 nitrogen and oxygen atoms in total. The van der Waals surface area contributed by atoms with Gasteiger partial charge in [0.05, 0.1) is 7.05 Å². The van der Waals surface area contributed by atoms with Gasteiger partial charge in [-0.05, 0) is 11.8 Å². The first-order valence-corrected chi connectivity index (χ1v) is 7.84. The molecule has 29 heavy (non-hydrogen) atoms. The van der Waals surface area contributed by atoms with Gasteiger partial charge in [-0.15, -0.1) is 0 Å². The van der Waals surface area contributed by atoms with E-state index < -0.39 is 48.0 Å². The van der Waals surface area contributed by atoms with E-state index >= 15 is 0 Å². The Labute approximate surface area is 164 Å². The summed E-state index contributed by atoms with van der Waals surface area (Å²) in [6.45, 7) is 0. The van der Waals surface area contributed by atoms with E-state index in [0.717, 1.165) is 0 Å². The van der Waals surface area contributed by atoms with Gasteiger partial charge in [-0.3, -0.25) is 0 Å². The van der Waals surface area contributed by atoms with Crippen molar-refractivity contribution in [2.75, 3.05) is 5.75 Å². The SMILES string of the molecule is C[n+]1cc[nH]c1SCCC(F)(F)C(F)(F)C(F)(F)C(F)(F)C(F)(F)C(F)(F)F.[Cl-]. The van der Waals surface area contributed by atoms with Crippen LogP contribution >= 0.6 is 11.8 Å². The predicted octanol–water partition coefficient (Wildman–Crippen LogP) is 2.06. The van der Waals surface area contributed by atoms with Gasteiger partial charge >= 0.3 is 40.9 Å². The number of aryl methyl sites for hydroxylation is 1. The Hall–Kier alpha value is -1.06. The van der Waals surface area contributed by atoms with Crippen molar-refractivity contribution in [2.45, 2.75) is 47.4 Å². The highest BCUT2D eigenvalue weighted by molar-refractivity contribution is 7.99. The second kappa shape index (κ2) is 8.23. The second-order valence-corrected chi connectivity index (χ2v) is 6.56. The van der Waals surface area contributed by atoms with Crippen LogP contribution in [0.3, 0.4) is 0 Å². The molecule has 1 aromatic rings. The number of rotatable bonds is 8. The van der Waals surface area contributed by atoms with Crippen LogP contribution < -0.4 is 17.0 Å². The molecule has 0 spiro atoms. The summed E-state index contributed by atoms with van der Waals surface area (Å²) in [7, 11) is 1.36. The zero-order chi connectivity index (χ0) is 22.4. The molecule has 0 atom stereocenters. The normalized spacial score (nSPS) is 14.7. The Bertz CT molecular complexity index is 686. The Kier molecular flexibility index (Phi) is 7.93. The number of hydrogen-bond donors (Lipinski definition) is 1. The number of nitrogens with one attached hydrogen (secondary N) is 1. The van der Waals surface area contributed by atoms with E-state index in [4.69, 9.17) is 0 Å². The topological polar surface area (TPSA) is 19.7 Å². The van der Waals surface area contributed by atoms with Crippen LogP contribution in [0.5, 0.6) is 0 Å². The molecule has 17 heteroatoms. The van der Waals surface area contributed by atoms with Gasteiger partial charge in [0.25, 0.3) is 0 Å². The Morgan fingerprint density at radius 1 is 0.793 bits per heavy atom. The van der Waals surface area contributed by atoms with Crippen molar-refractivity contribution in [1.82, 2.24) is 4.98 Å². The van der Waals surface area contributed by atoms with E-state index in [2.05, 4.69) is 4.98 Å². The van der Waals surface area contributed by atoms with Crippen LogP contribution in [0.2, 0.25) is 0 Å². The molecule has 172 valence electrons. The number of H-pyrrole nitrogens is 1. The molecule has 0 aliphatic carbocycles. The van der Waals surface area contributed by atoms with Crippen LogP contribution in [-0.4, -0.2) is 46.5 Å². The lowest BCUT2D eigenvalue weighted by atomic mass is 9.93. The zero-order valence-electron chi connectivity index (χ0n) is 13.7. The Balaban J connectivity index is 0.00000784. The van der Waals surface area contributed by atoms with Gasteiger partial charge in [-0.1, -0.05) is 0 Å². The minimum Gasteiger partial charge on any atom is -1.00 e. The highest BCUT2D eigenvalue weighted by Crippen LogP contribution is 2.60. The van der Waals surface area contributed by atoms with E-state index in [0.29, 0.717) is 11.8 Å². The second-order valence-electron chi connectivity index (χ2n) is 5.47. The maximum atomic E-state index is 13.5. The lowest BCUT2D eigenvalue weighted by Gasteiger charge is -2.39. The molecule has 0 saturated heterocycles. The summed E-state index contributed by atoms with van der Waals surface area (Å²) < 4.78 is 169. The monoisotopic (exact) mass is 496 g/mol. The Morgan fingerprint density at radius 2 is 1.24 bits per heavy atom. The molecule has 0 bridgehead atoms. The number of aromatic nitrogens is 2. The molecule has 0 amide bonds. The number of thioether (sulfide) groups is 1. The predicted molar refractivity (Wildman–Crippen MR) is 68.1 cm³/mol. The molecule has 0 aliphatic heterocycles. The number of imidazole rings is 1. The van der Waals surface area contributed by atoms with Crippen LogP contribution in [0, 0.1) is 0 Å². The van der Waals surface area contributed by atoms with Crippen molar-refractivity contribution >= 4 is 11.8 Å². The minimum atomic E-state index is -7.86. The summed E-state index contributed by atoms with van der Waals surface area (Å²) in [5.41, 5.74) is 0. The Morgan fingerprint density at radius 3 is 1.62 bits per heavy atom. The van der Waals surface area contributed by atoms with Gasteiger partial charge in [0.2, 0.25) is 0 Å². The molecule has 1 aromatic heterocycles. The third-order valence-electron chi connectivity index (χ3n) is 3.48. The smallest absolute Gasteiger partial charge is 0.460 e. The standard InChI is InChI=1S/C12H9F13N2S.ClH/c1-27-4-3-26-6(27)28-5-2-7(13,14)8(15,16)9(17,18)10(19,20)11(21,22)12(23,24)25;/h3-4H,2,5H2,1H3;1H. The van der Waals surface area contributed by atoms with Gasteiger partial charge in [-0.25, -0.2) is 9.55 Å². The summed E-state index contributed by atoms with van der Waals surface area (Å²) >= 11 is 0.358. The number of hydrogen-bond acceptors (Lipinski definition) is 1. The molecule has 1 N–H and O–H groups in total.